The molecule has 2 aliphatic carbocycles. The molecule has 5 aromatic rings. The van der Waals surface area contributed by atoms with Gasteiger partial charge in [-0.2, -0.15) is 4.57 Å². The first-order chi connectivity index (χ1) is 16.8. The minimum absolute atomic E-state index is 0.0612. The lowest BCUT2D eigenvalue weighted by Crippen LogP contribution is -2.70. The summed E-state index contributed by atoms with van der Waals surface area (Å²) in [7, 11) is 0. The van der Waals surface area contributed by atoms with Gasteiger partial charge in [-0.3, -0.25) is 4.98 Å². The van der Waals surface area contributed by atoms with Crippen molar-refractivity contribution < 1.29 is 4.57 Å². The fourth-order valence-electron chi connectivity index (χ4n) is 7.13. The molecule has 3 aromatic carbocycles. The molecule has 0 saturated heterocycles. The summed E-state index contributed by atoms with van der Waals surface area (Å²) in [4.78, 5) is 5.40. The topological polar surface area (TPSA) is 16.8 Å². The zero-order valence-electron chi connectivity index (χ0n) is 20.6. The van der Waals surface area contributed by atoms with Gasteiger partial charge in [-0.25, -0.2) is 0 Å². The first-order valence-corrected chi connectivity index (χ1v) is 12.6. The molecule has 1 aliphatic heterocycles. The first kappa shape index (κ1) is 19.5. The summed E-state index contributed by atoms with van der Waals surface area (Å²) in [6.07, 6.45) is 7.14. The largest absolute Gasteiger partial charge is 0.251 e. The SMILES string of the molecule is CC1(C)c2cc3ccccc3c3c2-c2c4c1nc(-c1ccccc1)cc4cc[n+]2C1(C)C=CC31C. The molecule has 0 saturated carbocycles. The molecule has 2 unspecified atom stereocenters. The van der Waals surface area contributed by atoms with Crippen molar-refractivity contribution in [2.24, 2.45) is 0 Å². The molecular formula is C33H27N2+. The molecule has 0 bridgehead atoms. The highest BCUT2D eigenvalue weighted by Gasteiger charge is 2.63. The van der Waals surface area contributed by atoms with E-state index in [-0.39, 0.29) is 16.4 Å². The van der Waals surface area contributed by atoms with E-state index in [2.05, 4.69) is 123 Å². The molecule has 0 fully saturated rings. The molecule has 0 radical (unpaired) electrons. The van der Waals surface area contributed by atoms with Crippen LogP contribution in [0.15, 0.2) is 91.1 Å². The van der Waals surface area contributed by atoms with Gasteiger partial charge in [0.2, 0.25) is 5.69 Å². The molecule has 0 N–H and O–H groups in total. The van der Waals surface area contributed by atoms with E-state index in [0.29, 0.717) is 0 Å². The van der Waals surface area contributed by atoms with Crippen LogP contribution in [-0.2, 0) is 16.4 Å². The third-order valence-corrected chi connectivity index (χ3v) is 9.36. The summed E-state index contributed by atoms with van der Waals surface area (Å²) in [5.74, 6) is 0. The maximum atomic E-state index is 5.40. The summed E-state index contributed by atoms with van der Waals surface area (Å²) in [5, 5.41) is 5.28. The van der Waals surface area contributed by atoms with Crippen molar-refractivity contribution in [2.75, 3.05) is 0 Å². The molecule has 2 nitrogen and oxygen atoms in total. The van der Waals surface area contributed by atoms with Crippen LogP contribution >= 0.6 is 0 Å². The van der Waals surface area contributed by atoms with Gasteiger partial charge in [0.1, 0.15) is 0 Å². The minimum atomic E-state index is -0.221. The Kier molecular flexibility index (Phi) is 3.28. The maximum absolute atomic E-state index is 5.40. The average molecular weight is 452 g/mol. The van der Waals surface area contributed by atoms with Crippen molar-refractivity contribution in [1.82, 2.24) is 4.98 Å². The molecule has 168 valence electrons. The predicted molar refractivity (Wildman–Crippen MR) is 143 cm³/mol. The van der Waals surface area contributed by atoms with E-state index in [4.69, 9.17) is 4.98 Å². The van der Waals surface area contributed by atoms with Crippen molar-refractivity contribution in [3.05, 3.63) is 108 Å². The van der Waals surface area contributed by atoms with Crippen molar-refractivity contribution in [3.63, 3.8) is 0 Å². The molecule has 3 heterocycles. The zero-order chi connectivity index (χ0) is 23.7. The third kappa shape index (κ3) is 2.05. The molecule has 2 atom stereocenters. The normalized spacial score (nSPS) is 24.3. The highest BCUT2D eigenvalue weighted by Crippen LogP contribution is 2.60. The molecule has 35 heavy (non-hydrogen) atoms. The molecule has 2 aromatic heterocycles. The van der Waals surface area contributed by atoms with Crippen molar-refractivity contribution in [1.29, 1.82) is 0 Å². The summed E-state index contributed by atoms with van der Waals surface area (Å²) in [5.41, 5.74) is 8.63. The molecule has 0 amide bonds. The van der Waals surface area contributed by atoms with Crippen LogP contribution in [0, 0.1) is 0 Å². The number of pyridine rings is 2. The molecule has 3 aliphatic rings. The van der Waals surface area contributed by atoms with Gasteiger partial charge in [0.25, 0.3) is 0 Å². The second kappa shape index (κ2) is 5.88. The van der Waals surface area contributed by atoms with Gasteiger partial charge in [-0.05, 0) is 52.4 Å². The average Bonchev–Trinajstić information content (AvgIpc) is 2.88. The van der Waals surface area contributed by atoms with E-state index in [1.54, 1.807) is 0 Å². The third-order valence-electron chi connectivity index (χ3n) is 9.36. The van der Waals surface area contributed by atoms with Crippen LogP contribution < -0.4 is 4.57 Å². The number of rotatable bonds is 1. The van der Waals surface area contributed by atoms with E-state index in [9.17, 15) is 0 Å². The fourth-order valence-corrected chi connectivity index (χ4v) is 7.13. The van der Waals surface area contributed by atoms with E-state index in [1.165, 1.54) is 55.2 Å². The number of aromatic nitrogens is 2. The lowest BCUT2D eigenvalue weighted by Gasteiger charge is -2.51. The summed E-state index contributed by atoms with van der Waals surface area (Å²) >= 11 is 0. The predicted octanol–water partition coefficient (Wildman–Crippen LogP) is 7.21. The number of nitrogens with zero attached hydrogens (tertiary/aromatic N) is 2. The Bertz CT molecular complexity index is 1790. The lowest BCUT2D eigenvalue weighted by molar-refractivity contribution is -0.753. The Hall–Kier alpha value is -3.78. The van der Waals surface area contributed by atoms with Gasteiger partial charge >= 0.3 is 0 Å². The highest BCUT2D eigenvalue weighted by atomic mass is 15.1. The van der Waals surface area contributed by atoms with Crippen LogP contribution in [0.2, 0.25) is 0 Å². The van der Waals surface area contributed by atoms with Gasteiger partial charge in [0, 0.05) is 24.0 Å². The Morgan fingerprint density at radius 1 is 0.771 bits per heavy atom. The molecule has 8 rings (SSSR count). The molecular weight excluding hydrogens is 424 g/mol. The number of fused-ring (bicyclic) bond motifs is 5. The first-order valence-electron chi connectivity index (χ1n) is 12.6. The number of hydrogen-bond donors (Lipinski definition) is 0. The summed E-state index contributed by atoms with van der Waals surface area (Å²) < 4.78 is 2.54. The highest BCUT2D eigenvalue weighted by molar-refractivity contribution is 6.06. The van der Waals surface area contributed by atoms with Crippen LogP contribution in [-0.4, -0.2) is 4.98 Å². The van der Waals surface area contributed by atoms with Gasteiger partial charge in [0.15, 0.2) is 11.7 Å². The Balaban J connectivity index is 1.62. The van der Waals surface area contributed by atoms with Crippen molar-refractivity contribution >= 4 is 21.5 Å². The molecule has 0 spiro atoms. The Labute approximate surface area is 205 Å². The van der Waals surface area contributed by atoms with Crippen molar-refractivity contribution in [3.8, 4) is 22.5 Å². The van der Waals surface area contributed by atoms with E-state index in [1.807, 2.05) is 0 Å². The molecule has 2 heteroatoms. The lowest BCUT2D eigenvalue weighted by atomic mass is 9.53. The number of allylic oxidation sites excluding steroid dienone is 2. The number of hydrogen-bond acceptors (Lipinski definition) is 1. The van der Waals surface area contributed by atoms with E-state index < -0.39 is 0 Å². The van der Waals surface area contributed by atoms with Gasteiger partial charge in [0.05, 0.1) is 27.8 Å². The second-order valence-corrected chi connectivity index (χ2v) is 11.4. The van der Waals surface area contributed by atoms with Crippen LogP contribution in [0.25, 0.3) is 44.1 Å². The smallest absolute Gasteiger partial charge is 0.223 e. The summed E-state index contributed by atoms with van der Waals surface area (Å²) in [6, 6.07) is 26.6. The van der Waals surface area contributed by atoms with Crippen LogP contribution in [0.5, 0.6) is 0 Å². The quantitative estimate of drug-likeness (QED) is 0.194. The van der Waals surface area contributed by atoms with Gasteiger partial charge in [-0.1, -0.05) is 74.5 Å². The van der Waals surface area contributed by atoms with Crippen LogP contribution in [0.4, 0.5) is 0 Å². The van der Waals surface area contributed by atoms with Crippen LogP contribution in [0.1, 0.15) is 44.5 Å². The van der Waals surface area contributed by atoms with Gasteiger partial charge in [-0.15, -0.1) is 0 Å². The minimum Gasteiger partial charge on any atom is -0.251 e. The van der Waals surface area contributed by atoms with Gasteiger partial charge < -0.3 is 0 Å². The van der Waals surface area contributed by atoms with E-state index in [0.717, 1.165) is 5.69 Å². The Morgan fingerprint density at radius 2 is 1.54 bits per heavy atom. The number of benzene rings is 3. The second-order valence-electron chi connectivity index (χ2n) is 11.4. The summed E-state index contributed by atoms with van der Waals surface area (Å²) in [6.45, 7) is 9.54. The van der Waals surface area contributed by atoms with Crippen molar-refractivity contribution in [2.45, 2.75) is 44.1 Å². The van der Waals surface area contributed by atoms with Crippen LogP contribution in [0.3, 0.4) is 0 Å². The fraction of sp³-hybridized carbons (Fsp3) is 0.212. The Morgan fingerprint density at radius 3 is 2.31 bits per heavy atom. The monoisotopic (exact) mass is 451 g/mol. The van der Waals surface area contributed by atoms with E-state index >= 15 is 0 Å². The standard InChI is InChI=1S/C33H27N2/c1-31(2)24-18-21-12-8-9-13-23(21)28-27(24)29-26-22(14-17-35(29)33(4)16-15-32(28,33)3)19-25(34-30(26)31)20-10-6-5-7-11-20/h5-19H,1-4H3/q+1. The maximum Gasteiger partial charge on any atom is 0.223 e. The zero-order valence-corrected chi connectivity index (χ0v) is 20.6.